The second-order valence-electron chi connectivity index (χ2n) is 6.58. The number of carbonyl (C=O) groups excluding carboxylic acids is 1. The molecule has 0 saturated carbocycles. The molecule has 3 aromatic carbocycles. The van der Waals surface area contributed by atoms with Crippen LogP contribution in [0.4, 0.5) is 0 Å². The van der Waals surface area contributed by atoms with Crippen molar-refractivity contribution >= 4 is 43.5 Å². The fraction of sp³-hybridized carbons (Fsp3) is 0.136. The monoisotopic (exact) mass is 506 g/mol. The summed E-state index contributed by atoms with van der Waals surface area (Å²) in [6.07, 6.45) is 0. The van der Waals surface area contributed by atoms with Gasteiger partial charge in [0.15, 0.2) is 0 Å². The zero-order valence-corrected chi connectivity index (χ0v) is 19.1. The molecule has 0 saturated heterocycles. The summed E-state index contributed by atoms with van der Waals surface area (Å²) in [5.74, 6) is -0.397. The Hall–Kier alpha value is -2.19. The molecule has 0 fully saturated rings. The predicted molar refractivity (Wildman–Crippen MR) is 121 cm³/mol. The third-order valence-electron chi connectivity index (χ3n) is 4.41. The summed E-state index contributed by atoms with van der Waals surface area (Å²) in [6, 6.07) is 22.7. The topological polar surface area (TPSA) is 66.5 Å². The molecule has 1 amide bonds. The summed E-state index contributed by atoms with van der Waals surface area (Å²) in [4.78, 5) is 12.7. The standard InChI is InChI=1S/C22H20BrClN2O3S/c23-19-10-12-20(13-11-19)30(28,29)26(15-18-8-4-5-9-21(18)24)16-22(27)25-14-17-6-2-1-3-7-17/h1-13H,14-16H2,(H,25,27). The Kier molecular flexibility index (Phi) is 7.66. The van der Waals surface area contributed by atoms with Gasteiger partial charge in [0.05, 0.1) is 11.4 Å². The molecule has 0 aliphatic rings. The Labute approximate surface area is 189 Å². The van der Waals surface area contributed by atoms with Gasteiger partial charge in [0.1, 0.15) is 0 Å². The molecule has 0 aliphatic heterocycles. The van der Waals surface area contributed by atoms with E-state index < -0.39 is 15.9 Å². The largest absolute Gasteiger partial charge is 0.351 e. The van der Waals surface area contributed by atoms with Crippen LogP contribution >= 0.6 is 27.5 Å². The summed E-state index contributed by atoms with van der Waals surface area (Å²) in [5, 5.41) is 3.22. The van der Waals surface area contributed by atoms with Crippen LogP contribution in [0.3, 0.4) is 0 Å². The first kappa shape index (κ1) is 22.5. The molecule has 0 heterocycles. The highest BCUT2D eigenvalue weighted by atomic mass is 79.9. The van der Waals surface area contributed by atoms with E-state index in [0.29, 0.717) is 17.1 Å². The first-order chi connectivity index (χ1) is 14.4. The van der Waals surface area contributed by atoms with E-state index in [9.17, 15) is 13.2 Å². The highest BCUT2D eigenvalue weighted by molar-refractivity contribution is 9.10. The lowest BCUT2D eigenvalue weighted by Gasteiger charge is -2.22. The van der Waals surface area contributed by atoms with E-state index in [0.717, 1.165) is 14.3 Å². The van der Waals surface area contributed by atoms with Crippen molar-refractivity contribution in [1.82, 2.24) is 9.62 Å². The molecule has 3 aromatic rings. The van der Waals surface area contributed by atoms with Crippen molar-refractivity contribution in [3.05, 3.63) is 99.5 Å². The van der Waals surface area contributed by atoms with Gasteiger partial charge in [-0.3, -0.25) is 4.79 Å². The smallest absolute Gasteiger partial charge is 0.243 e. The third kappa shape index (κ3) is 5.92. The van der Waals surface area contributed by atoms with Crippen molar-refractivity contribution in [2.75, 3.05) is 6.54 Å². The van der Waals surface area contributed by atoms with Crippen molar-refractivity contribution in [2.24, 2.45) is 0 Å². The fourth-order valence-electron chi connectivity index (χ4n) is 2.81. The Morgan fingerprint density at radius 2 is 1.57 bits per heavy atom. The minimum atomic E-state index is -3.92. The van der Waals surface area contributed by atoms with Gasteiger partial charge in [-0.25, -0.2) is 8.42 Å². The highest BCUT2D eigenvalue weighted by Gasteiger charge is 2.27. The Morgan fingerprint density at radius 1 is 0.933 bits per heavy atom. The quantitative estimate of drug-likeness (QED) is 0.484. The number of hydrogen-bond donors (Lipinski definition) is 1. The second-order valence-corrected chi connectivity index (χ2v) is 9.84. The van der Waals surface area contributed by atoms with Gasteiger partial charge in [-0.2, -0.15) is 4.31 Å². The lowest BCUT2D eigenvalue weighted by molar-refractivity contribution is -0.121. The van der Waals surface area contributed by atoms with Crippen molar-refractivity contribution in [2.45, 2.75) is 18.0 Å². The van der Waals surface area contributed by atoms with Crippen LogP contribution in [-0.2, 0) is 27.9 Å². The van der Waals surface area contributed by atoms with Crippen LogP contribution in [-0.4, -0.2) is 25.2 Å². The van der Waals surface area contributed by atoms with E-state index in [4.69, 9.17) is 11.6 Å². The lowest BCUT2D eigenvalue weighted by Crippen LogP contribution is -2.40. The molecule has 0 atom stereocenters. The lowest BCUT2D eigenvalue weighted by atomic mass is 10.2. The van der Waals surface area contributed by atoms with Gasteiger partial charge in [0.2, 0.25) is 15.9 Å². The summed E-state index contributed by atoms with van der Waals surface area (Å²) < 4.78 is 28.4. The predicted octanol–water partition coefficient (Wildman–Crippen LogP) is 4.61. The summed E-state index contributed by atoms with van der Waals surface area (Å²) in [6.45, 7) is -0.0226. The van der Waals surface area contributed by atoms with E-state index in [1.807, 2.05) is 30.3 Å². The van der Waals surface area contributed by atoms with E-state index in [1.165, 1.54) is 12.1 Å². The Bertz CT molecular complexity index is 1110. The molecule has 0 aliphatic carbocycles. The van der Waals surface area contributed by atoms with E-state index >= 15 is 0 Å². The van der Waals surface area contributed by atoms with E-state index in [-0.39, 0.29) is 18.0 Å². The number of nitrogens with zero attached hydrogens (tertiary/aromatic N) is 1. The summed E-state index contributed by atoms with van der Waals surface area (Å²) in [7, 11) is -3.92. The van der Waals surface area contributed by atoms with Crippen molar-refractivity contribution in [1.29, 1.82) is 0 Å². The molecule has 5 nitrogen and oxygen atoms in total. The van der Waals surface area contributed by atoms with Crippen LogP contribution in [0.5, 0.6) is 0 Å². The van der Waals surface area contributed by atoms with Crippen LogP contribution in [0, 0.1) is 0 Å². The van der Waals surface area contributed by atoms with Crippen LogP contribution in [0.1, 0.15) is 11.1 Å². The minimum absolute atomic E-state index is 0.0170. The summed E-state index contributed by atoms with van der Waals surface area (Å²) in [5.41, 5.74) is 1.55. The number of benzene rings is 3. The van der Waals surface area contributed by atoms with Crippen LogP contribution in [0.25, 0.3) is 0 Å². The van der Waals surface area contributed by atoms with E-state index in [1.54, 1.807) is 36.4 Å². The number of nitrogens with one attached hydrogen (secondary N) is 1. The molecule has 156 valence electrons. The minimum Gasteiger partial charge on any atom is -0.351 e. The molecule has 3 rings (SSSR count). The van der Waals surface area contributed by atoms with Gasteiger partial charge in [-0.05, 0) is 41.5 Å². The molecule has 0 aromatic heterocycles. The van der Waals surface area contributed by atoms with Crippen molar-refractivity contribution in [3.8, 4) is 0 Å². The number of carbonyl (C=O) groups is 1. The first-order valence-corrected chi connectivity index (χ1v) is 11.8. The second kappa shape index (κ2) is 10.2. The van der Waals surface area contributed by atoms with Gasteiger partial charge in [0, 0.05) is 22.6 Å². The van der Waals surface area contributed by atoms with Crippen LogP contribution < -0.4 is 5.32 Å². The maximum Gasteiger partial charge on any atom is 0.243 e. The van der Waals surface area contributed by atoms with E-state index in [2.05, 4.69) is 21.2 Å². The highest BCUT2D eigenvalue weighted by Crippen LogP contribution is 2.23. The molecule has 8 heteroatoms. The fourth-order valence-corrected chi connectivity index (χ4v) is 4.64. The number of sulfonamides is 1. The van der Waals surface area contributed by atoms with Crippen molar-refractivity contribution in [3.63, 3.8) is 0 Å². The zero-order chi connectivity index (χ0) is 21.6. The number of hydrogen-bond acceptors (Lipinski definition) is 3. The molecular weight excluding hydrogens is 488 g/mol. The number of halogens is 2. The molecule has 0 radical (unpaired) electrons. The maximum atomic E-state index is 13.3. The maximum absolute atomic E-state index is 13.3. The zero-order valence-electron chi connectivity index (χ0n) is 16.0. The molecule has 0 spiro atoms. The van der Waals surface area contributed by atoms with Crippen LogP contribution in [0.2, 0.25) is 5.02 Å². The molecule has 0 bridgehead atoms. The average Bonchev–Trinajstić information content (AvgIpc) is 2.74. The van der Waals surface area contributed by atoms with Gasteiger partial charge in [-0.1, -0.05) is 76.1 Å². The van der Waals surface area contributed by atoms with Crippen molar-refractivity contribution < 1.29 is 13.2 Å². The molecule has 30 heavy (non-hydrogen) atoms. The van der Waals surface area contributed by atoms with Gasteiger partial charge < -0.3 is 5.32 Å². The number of rotatable bonds is 8. The Balaban J connectivity index is 1.82. The number of amides is 1. The normalized spacial score (nSPS) is 11.4. The van der Waals surface area contributed by atoms with Gasteiger partial charge in [0.25, 0.3) is 0 Å². The molecular formula is C22H20BrClN2O3S. The molecule has 0 unspecified atom stereocenters. The third-order valence-corrected chi connectivity index (χ3v) is 7.11. The Morgan fingerprint density at radius 3 is 2.23 bits per heavy atom. The summed E-state index contributed by atoms with van der Waals surface area (Å²) >= 11 is 9.54. The average molecular weight is 508 g/mol. The first-order valence-electron chi connectivity index (χ1n) is 9.16. The SMILES string of the molecule is O=C(CN(Cc1ccccc1Cl)S(=O)(=O)c1ccc(Br)cc1)NCc1ccccc1. The van der Waals surface area contributed by atoms with Gasteiger partial charge >= 0.3 is 0 Å². The van der Waals surface area contributed by atoms with Gasteiger partial charge in [-0.15, -0.1) is 0 Å². The molecule has 1 N–H and O–H groups in total. The van der Waals surface area contributed by atoms with Crippen LogP contribution in [0.15, 0.2) is 88.2 Å².